The standard InChI is InChI=1S/C21H29F5/c1-18-10-3-2-5-14(18)7-8-15-16(18)9-12-19(11-4-6-17(15)19)13-20(22,23)21(24,25)26/h2-3,14-17H,4-13H2,1H3/t14-,15-,16+,17+,18+,19+/m1/s1. The van der Waals surface area contributed by atoms with Gasteiger partial charge < -0.3 is 0 Å². The highest BCUT2D eigenvalue weighted by Gasteiger charge is 2.65. The van der Waals surface area contributed by atoms with Gasteiger partial charge in [0.05, 0.1) is 0 Å². The number of hydrogen-bond donors (Lipinski definition) is 0. The lowest BCUT2D eigenvalue weighted by molar-refractivity contribution is -0.297. The van der Waals surface area contributed by atoms with Crippen molar-refractivity contribution >= 4 is 0 Å². The van der Waals surface area contributed by atoms with Crippen molar-refractivity contribution in [1.29, 1.82) is 0 Å². The average molecular weight is 376 g/mol. The molecule has 3 fully saturated rings. The van der Waals surface area contributed by atoms with E-state index in [0.29, 0.717) is 30.6 Å². The Balaban J connectivity index is 1.61. The Kier molecular flexibility index (Phi) is 4.28. The number of alkyl halides is 5. The Morgan fingerprint density at radius 1 is 0.923 bits per heavy atom. The maximum atomic E-state index is 14.0. The molecule has 4 aliphatic rings. The molecule has 0 saturated heterocycles. The van der Waals surface area contributed by atoms with E-state index in [0.717, 1.165) is 44.9 Å². The summed E-state index contributed by atoms with van der Waals surface area (Å²) in [4.78, 5) is 0. The number of hydrogen-bond acceptors (Lipinski definition) is 0. The first kappa shape index (κ1) is 18.7. The molecule has 0 aromatic heterocycles. The van der Waals surface area contributed by atoms with Gasteiger partial charge in [0.15, 0.2) is 0 Å². The molecular weight excluding hydrogens is 347 g/mol. The molecule has 0 aromatic rings. The van der Waals surface area contributed by atoms with E-state index in [1.807, 2.05) is 0 Å². The van der Waals surface area contributed by atoms with Gasteiger partial charge in [-0.25, -0.2) is 0 Å². The molecule has 148 valence electrons. The van der Waals surface area contributed by atoms with Crippen molar-refractivity contribution in [3.63, 3.8) is 0 Å². The van der Waals surface area contributed by atoms with Crippen LogP contribution in [0.1, 0.15) is 71.1 Å². The lowest BCUT2D eigenvalue weighted by Crippen LogP contribution is -2.53. The fourth-order valence-corrected chi connectivity index (χ4v) is 7.48. The minimum absolute atomic E-state index is 0.0538. The van der Waals surface area contributed by atoms with Crippen LogP contribution < -0.4 is 0 Å². The normalized spacial score (nSPS) is 45.8. The monoisotopic (exact) mass is 376 g/mol. The van der Waals surface area contributed by atoms with E-state index >= 15 is 0 Å². The van der Waals surface area contributed by atoms with Crippen molar-refractivity contribution in [3.05, 3.63) is 12.2 Å². The summed E-state index contributed by atoms with van der Waals surface area (Å²) >= 11 is 0. The molecule has 0 unspecified atom stereocenters. The molecule has 0 heterocycles. The van der Waals surface area contributed by atoms with Crippen molar-refractivity contribution < 1.29 is 22.0 Å². The van der Waals surface area contributed by atoms with Gasteiger partial charge >= 0.3 is 12.1 Å². The predicted molar refractivity (Wildman–Crippen MR) is 90.8 cm³/mol. The number of fused-ring (bicyclic) bond motifs is 5. The highest BCUT2D eigenvalue weighted by molar-refractivity contribution is 5.12. The minimum Gasteiger partial charge on any atom is -0.196 e. The second-order valence-electron chi connectivity index (χ2n) is 9.74. The Labute approximate surface area is 152 Å². The molecule has 3 saturated carbocycles. The molecule has 0 nitrogen and oxygen atoms in total. The Morgan fingerprint density at radius 2 is 1.69 bits per heavy atom. The van der Waals surface area contributed by atoms with Gasteiger partial charge in [-0.2, -0.15) is 22.0 Å². The van der Waals surface area contributed by atoms with Gasteiger partial charge in [0.2, 0.25) is 0 Å². The fourth-order valence-electron chi connectivity index (χ4n) is 7.48. The Bertz CT molecular complexity index is 579. The van der Waals surface area contributed by atoms with Gasteiger partial charge in [-0.05, 0) is 85.9 Å². The molecule has 4 rings (SSSR count). The molecule has 0 bridgehead atoms. The zero-order chi connectivity index (χ0) is 18.8. The van der Waals surface area contributed by atoms with E-state index in [-0.39, 0.29) is 11.3 Å². The van der Waals surface area contributed by atoms with Gasteiger partial charge in [-0.3, -0.25) is 0 Å². The van der Waals surface area contributed by atoms with Gasteiger partial charge in [0.25, 0.3) is 0 Å². The third-order valence-corrected chi connectivity index (χ3v) is 8.73. The van der Waals surface area contributed by atoms with Crippen molar-refractivity contribution in [2.45, 2.75) is 83.2 Å². The molecule has 0 aromatic carbocycles. The SMILES string of the molecule is C[C@]12CC=CC[C@@H]1CC[C@H]1[C@@H]3CCC[C@@]3(CC(F)(F)C(F)(F)F)CC[C@@H]12. The van der Waals surface area contributed by atoms with Gasteiger partial charge in [-0.1, -0.05) is 25.5 Å². The van der Waals surface area contributed by atoms with Crippen LogP contribution in [0.3, 0.4) is 0 Å². The summed E-state index contributed by atoms with van der Waals surface area (Å²) in [6.45, 7) is 2.35. The Morgan fingerprint density at radius 3 is 2.42 bits per heavy atom. The number of rotatable bonds is 2. The molecule has 4 aliphatic carbocycles. The topological polar surface area (TPSA) is 0 Å². The molecule has 0 spiro atoms. The van der Waals surface area contributed by atoms with Crippen LogP contribution in [0.4, 0.5) is 22.0 Å². The maximum Gasteiger partial charge on any atom is 0.453 e. The molecule has 0 N–H and O–H groups in total. The molecule has 26 heavy (non-hydrogen) atoms. The number of allylic oxidation sites excluding steroid dienone is 2. The third kappa shape index (κ3) is 2.66. The van der Waals surface area contributed by atoms with Crippen molar-refractivity contribution in [3.8, 4) is 0 Å². The predicted octanol–water partition coefficient (Wildman–Crippen LogP) is 7.15. The van der Waals surface area contributed by atoms with E-state index in [1.165, 1.54) is 0 Å². The van der Waals surface area contributed by atoms with E-state index in [9.17, 15) is 22.0 Å². The van der Waals surface area contributed by atoms with Crippen molar-refractivity contribution in [1.82, 2.24) is 0 Å². The zero-order valence-electron chi connectivity index (χ0n) is 15.4. The fraction of sp³-hybridized carbons (Fsp3) is 0.905. The average Bonchev–Trinajstić information content (AvgIpc) is 2.96. The second kappa shape index (κ2) is 5.94. The summed E-state index contributed by atoms with van der Waals surface area (Å²) < 4.78 is 66.7. The molecule has 5 heteroatoms. The lowest BCUT2D eigenvalue weighted by Gasteiger charge is -2.60. The first-order valence-electron chi connectivity index (χ1n) is 10.2. The number of halogens is 5. The Hall–Kier alpha value is -0.610. The first-order valence-corrected chi connectivity index (χ1v) is 10.2. The quantitative estimate of drug-likeness (QED) is 0.354. The van der Waals surface area contributed by atoms with Gasteiger partial charge in [-0.15, -0.1) is 0 Å². The van der Waals surface area contributed by atoms with E-state index < -0.39 is 23.9 Å². The van der Waals surface area contributed by atoms with Crippen LogP contribution in [0.5, 0.6) is 0 Å². The molecular formula is C21H29F5. The maximum absolute atomic E-state index is 14.0. The highest BCUT2D eigenvalue weighted by atomic mass is 19.4. The summed E-state index contributed by atoms with van der Waals surface area (Å²) in [6, 6.07) is 0. The van der Waals surface area contributed by atoms with Crippen LogP contribution >= 0.6 is 0 Å². The van der Waals surface area contributed by atoms with Crippen LogP contribution in [-0.2, 0) is 0 Å². The van der Waals surface area contributed by atoms with Crippen LogP contribution in [-0.4, -0.2) is 12.1 Å². The van der Waals surface area contributed by atoms with Crippen molar-refractivity contribution in [2.24, 2.45) is 34.5 Å². The molecule has 6 atom stereocenters. The van der Waals surface area contributed by atoms with Crippen LogP contribution in [0.25, 0.3) is 0 Å². The summed E-state index contributed by atoms with van der Waals surface area (Å²) in [6.07, 6.45) is 5.94. The smallest absolute Gasteiger partial charge is 0.196 e. The summed E-state index contributed by atoms with van der Waals surface area (Å²) in [5.41, 5.74) is -0.590. The van der Waals surface area contributed by atoms with Crippen molar-refractivity contribution in [2.75, 3.05) is 0 Å². The lowest BCUT2D eigenvalue weighted by atomic mass is 9.45. The van der Waals surface area contributed by atoms with Gasteiger partial charge in [0, 0.05) is 6.42 Å². The van der Waals surface area contributed by atoms with Crippen LogP contribution in [0.15, 0.2) is 12.2 Å². The van der Waals surface area contributed by atoms with E-state index in [4.69, 9.17) is 0 Å². The molecule has 0 amide bonds. The largest absolute Gasteiger partial charge is 0.453 e. The molecule has 0 radical (unpaired) electrons. The van der Waals surface area contributed by atoms with E-state index in [1.54, 1.807) is 0 Å². The first-order chi connectivity index (χ1) is 12.1. The zero-order valence-corrected chi connectivity index (χ0v) is 15.4. The second-order valence-corrected chi connectivity index (χ2v) is 9.74. The van der Waals surface area contributed by atoms with Crippen LogP contribution in [0, 0.1) is 34.5 Å². The van der Waals surface area contributed by atoms with E-state index in [2.05, 4.69) is 19.1 Å². The molecule has 0 aliphatic heterocycles. The summed E-state index contributed by atoms with van der Waals surface area (Å²) in [5, 5.41) is 0. The highest BCUT2D eigenvalue weighted by Crippen LogP contribution is 2.68. The summed E-state index contributed by atoms with van der Waals surface area (Å²) in [7, 11) is 0. The minimum atomic E-state index is -5.43. The summed E-state index contributed by atoms with van der Waals surface area (Å²) in [5.74, 6) is -3.03. The van der Waals surface area contributed by atoms with Gasteiger partial charge in [0.1, 0.15) is 0 Å². The van der Waals surface area contributed by atoms with Crippen LogP contribution in [0.2, 0.25) is 0 Å². The third-order valence-electron chi connectivity index (χ3n) is 8.73.